The zero-order valence-corrected chi connectivity index (χ0v) is 10.1. The topological polar surface area (TPSA) is 38.8 Å². The average molecular weight is 226 g/mol. The number of hydrogen-bond acceptors (Lipinski definition) is 3. The van der Waals surface area contributed by atoms with E-state index in [1.165, 1.54) is 38.5 Å². The fourth-order valence-corrected chi connectivity index (χ4v) is 2.41. The summed E-state index contributed by atoms with van der Waals surface area (Å²) < 4.78 is 10.4. The number of cyclic esters (lactones) is 1. The Morgan fingerprint density at radius 1 is 1.06 bits per heavy atom. The van der Waals surface area contributed by atoms with Crippen LogP contribution in [0.5, 0.6) is 0 Å². The van der Waals surface area contributed by atoms with E-state index in [4.69, 9.17) is 9.47 Å². The second kappa shape index (κ2) is 5.67. The Hall–Kier alpha value is -0.570. The lowest BCUT2D eigenvalue weighted by Gasteiger charge is -2.10. The number of carbonyl (C=O) groups is 1. The Morgan fingerprint density at radius 3 is 2.31 bits per heavy atom. The van der Waals surface area contributed by atoms with Crippen molar-refractivity contribution in [1.29, 1.82) is 0 Å². The molecule has 0 N–H and O–H groups in total. The summed E-state index contributed by atoms with van der Waals surface area (Å²) in [5.74, 6) is -0.141. The minimum atomic E-state index is -0.199. The Morgan fingerprint density at radius 2 is 1.75 bits per heavy atom. The lowest BCUT2D eigenvalue weighted by atomic mass is 10.0. The van der Waals surface area contributed by atoms with Gasteiger partial charge in [0.1, 0.15) is 12.2 Å². The highest BCUT2D eigenvalue weighted by atomic mass is 16.7. The summed E-state index contributed by atoms with van der Waals surface area (Å²) >= 11 is 0. The van der Waals surface area contributed by atoms with Gasteiger partial charge in [0, 0.05) is 0 Å². The second-order valence-corrected chi connectivity index (χ2v) is 4.91. The molecule has 0 aliphatic carbocycles. The molecule has 0 amide bonds. The van der Waals surface area contributed by atoms with Crippen LogP contribution >= 0.6 is 0 Å². The third-order valence-corrected chi connectivity index (χ3v) is 3.48. The van der Waals surface area contributed by atoms with Crippen molar-refractivity contribution in [2.75, 3.05) is 0 Å². The second-order valence-electron chi connectivity index (χ2n) is 4.91. The molecule has 3 heteroatoms. The monoisotopic (exact) mass is 226 g/mol. The van der Waals surface area contributed by atoms with Crippen molar-refractivity contribution in [3.63, 3.8) is 0 Å². The van der Waals surface area contributed by atoms with Gasteiger partial charge in [0.25, 0.3) is 0 Å². The van der Waals surface area contributed by atoms with Crippen LogP contribution in [0.25, 0.3) is 0 Å². The van der Waals surface area contributed by atoms with E-state index < -0.39 is 0 Å². The molecule has 2 aliphatic heterocycles. The summed E-state index contributed by atoms with van der Waals surface area (Å²) in [5.41, 5.74) is 0. The van der Waals surface area contributed by atoms with E-state index >= 15 is 0 Å². The van der Waals surface area contributed by atoms with Crippen LogP contribution in [0.15, 0.2) is 0 Å². The molecule has 0 bridgehead atoms. The van der Waals surface area contributed by atoms with Gasteiger partial charge in [-0.05, 0) is 12.8 Å². The molecule has 0 aromatic heterocycles. The first-order valence-corrected chi connectivity index (χ1v) is 6.69. The van der Waals surface area contributed by atoms with E-state index in [0.717, 1.165) is 12.8 Å². The molecule has 0 spiro atoms. The third kappa shape index (κ3) is 2.97. The molecule has 0 aromatic carbocycles. The third-order valence-electron chi connectivity index (χ3n) is 3.48. The van der Waals surface area contributed by atoms with Gasteiger partial charge in [-0.25, -0.2) is 4.79 Å². The molecular weight excluding hydrogens is 204 g/mol. The molecule has 3 nitrogen and oxygen atoms in total. The SMILES string of the molecule is CCCCCCCCCC1OC(=O)[C@@H]2O[C@H]12. The number of unbranched alkanes of at least 4 members (excludes halogenated alkanes) is 6. The Labute approximate surface area is 97.5 Å². The lowest BCUT2D eigenvalue weighted by Crippen LogP contribution is -2.15. The minimum Gasteiger partial charge on any atom is -0.457 e. The standard InChI is InChI=1S/C13H22O3/c1-2-3-4-5-6-7-8-9-10-11-12(16-11)13(14)15-10/h10-12H,2-9H2,1H3/t10?,11-,12-/m1/s1. The molecule has 2 fully saturated rings. The number of esters is 1. The predicted molar refractivity (Wildman–Crippen MR) is 61.2 cm³/mol. The fourth-order valence-electron chi connectivity index (χ4n) is 2.41. The highest BCUT2D eigenvalue weighted by Gasteiger charge is 2.58. The van der Waals surface area contributed by atoms with Crippen LogP contribution in [0.1, 0.15) is 58.3 Å². The zero-order chi connectivity index (χ0) is 11.4. The van der Waals surface area contributed by atoms with Crippen LogP contribution in [-0.4, -0.2) is 24.3 Å². The van der Waals surface area contributed by atoms with Gasteiger partial charge < -0.3 is 9.47 Å². The van der Waals surface area contributed by atoms with E-state index in [9.17, 15) is 4.79 Å². The summed E-state index contributed by atoms with van der Waals surface area (Å²) in [6, 6.07) is 0. The molecule has 2 aliphatic rings. The lowest BCUT2D eigenvalue weighted by molar-refractivity contribution is -0.149. The molecule has 92 valence electrons. The van der Waals surface area contributed by atoms with Crippen molar-refractivity contribution in [2.24, 2.45) is 0 Å². The highest BCUT2D eigenvalue weighted by Crippen LogP contribution is 2.37. The molecule has 3 atom stereocenters. The Balaban J connectivity index is 1.45. The van der Waals surface area contributed by atoms with E-state index in [0.29, 0.717) is 0 Å². The number of hydrogen-bond donors (Lipinski definition) is 0. The van der Waals surface area contributed by atoms with Crippen molar-refractivity contribution in [3.05, 3.63) is 0 Å². The minimum absolute atomic E-state index is 0.0631. The summed E-state index contributed by atoms with van der Waals surface area (Å²) in [7, 11) is 0. The van der Waals surface area contributed by atoms with E-state index in [-0.39, 0.29) is 24.3 Å². The number of ether oxygens (including phenoxy) is 2. The van der Waals surface area contributed by atoms with Crippen LogP contribution in [0.2, 0.25) is 0 Å². The Bertz CT molecular complexity index is 239. The van der Waals surface area contributed by atoms with Crippen molar-refractivity contribution in [2.45, 2.75) is 76.6 Å². The number of rotatable bonds is 8. The smallest absolute Gasteiger partial charge is 0.338 e. The van der Waals surface area contributed by atoms with Crippen LogP contribution in [0.3, 0.4) is 0 Å². The van der Waals surface area contributed by atoms with Crippen LogP contribution in [0.4, 0.5) is 0 Å². The van der Waals surface area contributed by atoms with Gasteiger partial charge in [0.05, 0.1) is 0 Å². The van der Waals surface area contributed by atoms with E-state index in [1.807, 2.05) is 0 Å². The maximum Gasteiger partial charge on any atom is 0.338 e. The van der Waals surface area contributed by atoms with Crippen molar-refractivity contribution in [1.82, 2.24) is 0 Å². The first-order chi connectivity index (χ1) is 7.83. The maximum absolute atomic E-state index is 11.1. The van der Waals surface area contributed by atoms with Crippen molar-refractivity contribution in [3.8, 4) is 0 Å². The quantitative estimate of drug-likeness (QED) is 0.363. The first-order valence-electron chi connectivity index (χ1n) is 6.69. The van der Waals surface area contributed by atoms with Gasteiger partial charge in [-0.15, -0.1) is 0 Å². The highest BCUT2D eigenvalue weighted by molar-refractivity contribution is 5.81. The summed E-state index contributed by atoms with van der Waals surface area (Å²) in [4.78, 5) is 11.1. The average Bonchev–Trinajstić information content (AvgIpc) is 3.01. The fraction of sp³-hybridized carbons (Fsp3) is 0.923. The Kier molecular flexibility index (Phi) is 4.22. The van der Waals surface area contributed by atoms with Gasteiger partial charge in [0.15, 0.2) is 6.10 Å². The number of fused-ring (bicyclic) bond motifs is 1. The van der Waals surface area contributed by atoms with Crippen molar-refractivity contribution < 1.29 is 14.3 Å². The normalized spacial score (nSPS) is 31.3. The van der Waals surface area contributed by atoms with E-state index in [1.54, 1.807) is 0 Å². The van der Waals surface area contributed by atoms with Gasteiger partial charge >= 0.3 is 5.97 Å². The van der Waals surface area contributed by atoms with Gasteiger partial charge in [-0.3, -0.25) is 0 Å². The summed E-state index contributed by atoms with van der Waals surface area (Å²) in [5, 5.41) is 0. The van der Waals surface area contributed by atoms with Crippen LogP contribution in [-0.2, 0) is 14.3 Å². The van der Waals surface area contributed by atoms with Gasteiger partial charge in [0.2, 0.25) is 0 Å². The van der Waals surface area contributed by atoms with E-state index in [2.05, 4.69) is 6.92 Å². The molecule has 0 radical (unpaired) electrons. The molecule has 0 saturated carbocycles. The molecule has 0 aromatic rings. The zero-order valence-electron chi connectivity index (χ0n) is 10.1. The first kappa shape index (κ1) is 11.9. The van der Waals surface area contributed by atoms with Gasteiger partial charge in [-0.2, -0.15) is 0 Å². The summed E-state index contributed by atoms with van der Waals surface area (Å²) in [6.07, 6.45) is 10.1. The molecule has 2 rings (SSSR count). The number of epoxide rings is 1. The summed E-state index contributed by atoms with van der Waals surface area (Å²) in [6.45, 7) is 2.24. The molecular formula is C13H22O3. The maximum atomic E-state index is 11.1. The molecule has 2 saturated heterocycles. The molecule has 1 unspecified atom stereocenters. The van der Waals surface area contributed by atoms with Crippen LogP contribution < -0.4 is 0 Å². The van der Waals surface area contributed by atoms with Crippen molar-refractivity contribution >= 4 is 5.97 Å². The molecule has 2 heterocycles. The van der Waals surface area contributed by atoms with Crippen LogP contribution in [0, 0.1) is 0 Å². The number of carbonyl (C=O) groups excluding carboxylic acids is 1. The predicted octanol–water partition coefficient (Wildman–Crippen LogP) is 2.82. The molecule has 16 heavy (non-hydrogen) atoms. The largest absolute Gasteiger partial charge is 0.457 e. The van der Waals surface area contributed by atoms with Gasteiger partial charge in [-0.1, -0.05) is 45.4 Å².